The number of rotatable bonds is 3. The van der Waals surface area contributed by atoms with Crippen LogP contribution in [-0.2, 0) is 4.79 Å². The first-order chi connectivity index (χ1) is 8.70. The van der Waals surface area contributed by atoms with Crippen molar-refractivity contribution >= 4 is 17.9 Å². The van der Waals surface area contributed by atoms with E-state index in [1.54, 1.807) is 6.07 Å². The van der Waals surface area contributed by atoms with Crippen LogP contribution in [0.25, 0.3) is 11.1 Å². The number of hydrogen-bond donors (Lipinski definition) is 1. The highest BCUT2D eigenvalue weighted by Gasteiger charge is 2.03. The van der Waals surface area contributed by atoms with Crippen LogP contribution >= 0.6 is 0 Å². The molecule has 0 fully saturated rings. The molecule has 0 aliphatic carbocycles. The molecule has 90 valence electrons. The average Bonchev–Trinajstić information content (AvgIpc) is 2.39. The molecule has 1 amide bonds. The topological polar surface area (TPSA) is 46.2 Å². The first-order valence-corrected chi connectivity index (χ1v) is 5.63. The van der Waals surface area contributed by atoms with E-state index in [0.717, 1.165) is 23.1 Å². The van der Waals surface area contributed by atoms with E-state index in [0.29, 0.717) is 5.56 Å². The molecule has 1 N–H and O–H groups in total. The van der Waals surface area contributed by atoms with Crippen molar-refractivity contribution in [2.45, 2.75) is 6.92 Å². The van der Waals surface area contributed by atoms with E-state index in [1.807, 2.05) is 42.5 Å². The summed E-state index contributed by atoms with van der Waals surface area (Å²) >= 11 is 0. The lowest BCUT2D eigenvalue weighted by molar-refractivity contribution is -0.114. The van der Waals surface area contributed by atoms with Crippen molar-refractivity contribution in [2.75, 3.05) is 5.32 Å². The lowest BCUT2D eigenvalue weighted by Crippen LogP contribution is -2.05. The van der Waals surface area contributed by atoms with Crippen LogP contribution in [0.4, 0.5) is 5.69 Å². The molecule has 0 bridgehead atoms. The Bertz CT molecular complexity index is 573. The molecule has 3 nitrogen and oxygen atoms in total. The maximum absolute atomic E-state index is 11.0. The van der Waals surface area contributed by atoms with Gasteiger partial charge in [0.2, 0.25) is 5.91 Å². The van der Waals surface area contributed by atoms with Crippen LogP contribution in [0.5, 0.6) is 0 Å². The number of amides is 1. The summed E-state index contributed by atoms with van der Waals surface area (Å²) in [5.41, 5.74) is 3.24. The Morgan fingerprint density at radius 3 is 2.33 bits per heavy atom. The molecule has 2 aromatic carbocycles. The number of benzene rings is 2. The van der Waals surface area contributed by atoms with Gasteiger partial charge in [0.15, 0.2) is 6.29 Å². The zero-order valence-corrected chi connectivity index (χ0v) is 10.0. The minimum Gasteiger partial charge on any atom is -0.326 e. The summed E-state index contributed by atoms with van der Waals surface area (Å²) in [6, 6.07) is 14.8. The predicted molar refractivity (Wildman–Crippen MR) is 71.6 cm³/mol. The van der Waals surface area contributed by atoms with Crippen LogP contribution in [0.2, 0.25) is 0 Å². The molecule has 0 atom stereocenters. The molecule has 0 spiro atoms. The van der Waals surface area contributed by atoms with Gasteiger partial charge in [-0.25, -0.2) is 0 Å². The zero-order chi connectivity index (χ0) is 13.0. The van der Waals surface area contributed by atoms with Gasteiger partial charge in [-0.3, -0.25) is 9.59 Å². The molecule has 18 heavy (non-hydrogen) atoms. The Labute approximate surface area is 105 Å². The molecule has 0 aromatic heterocycles. The molecule has 0 aliphatic heterocycles. The van der Waals surface area contributed by atoms with Gasteiger partial charge in [0.1, 0.15) is 0 Å². The van der Waals surface area contributed by atoms with Gasteiger partial charge in [0.05, 0.1) is 0 Å². The molecule has 2 aromatic rings. The largest absolute Gasteiger partial charge is 0.326 e. The van der Waals surface area contributed by atoms with E-state index in [2.05, 4.69) is 5.32 Å². The van der Waals surface area contributed by atoms with Crippen molar-refractivity contribution in [1.29, 1.82) is 0 Å². The fourth-order valence-electron chi connectivity index (χ4n) is 1.80. The van der Waals surface area contributed by atoms with Gasteiger partial charge in [0, 0.05) is 18.2 Å². The Morgan fingerprint density at radius 1 is 1.06 bits per heavy atom. The van der Waals surface area contributed by atoms with E-state index in [4.69, 9.17) is 0 Å². The number of aldehydes is 1. The second-order valence-corrected chi connectivity index (χ2v) is 3.96. The summed E-state index contributed by atoms with van der Waals surface area (Å²) in [4.78, 5) is 21.9. The fourth-order valence-corrected chi connectivity index (χ4v) is 1.80. The summed E-state index contributed by atoms with van der Waals surface area (Å²) in [6.45, 7) is 1.47. The zero-order valence-electron chi connectivity index (χ0n) is 10.0. The highest BCUT2D eigenvalue weighted by atomic mass is 16.1. The third kappa shape index (κ3) is 2.63. The minimum absolute atomic E-state index is 0.101. The van der Waals surface area contributed by atoms with Gasteiger partial charge in [0.25, 0.3) is 0 Å². The quantitative estimate of drug-likeness (QED) is 0.836. The first kappa shape index (κ1) is 12.0. The monoisotopic (exact) mass is 239 g/mol. The van der Waals surface area contributed by atoms with Crippen LogP contribution in [-0.4, -0.2) is 12.2 Å². The molecule has 3 heteroatoms. The van der Waals surface area contributed by atoms with Crippen molar-refractivity contribution in [3.8, 4) is 11.1 Å². The number of carbonyl (C=O) groups is 2. The van der Waals surface area contributed by atoms with Gasteiger partial charge >= 0.3 is 0 Å². The number of hydrogen-bond acceptors (Lipinski definition) is 2. The smallest absolute Gasteiger partial charge is 0.221 e. The Kier molecular flexibility index (Phi) is 3.53. The second-order valence-electron chi connectivity index (χ2n) is 3.96. The van der Waals surface area contributed by atoms with Crippen LogP contribution < -0.4 is 5.32 Å². The summed E-state index contributed by atoms with van der Waals surface area (Å²) in [5, 5.41) is 2.70. The van der Waals surface area contributed by atoms with Crippen LogP contribution in [0, 0.1) is 0 Å². The Balaban J connectivity index is 2.34. The minimum atomic E-state index is -0.101. The van der Waals surface area contributed by atoms with Crippen molar-refractivity contribution in [2.24, 2.45) is 0 Å². The standard InChI is InChI=1S/C15H13NO2/c1-11(18)16-14-8-6-12(7-9-14)15-5-3-2-4-13(15)10-17/h2-10H,1H3,(H,16,18). The van der Waals surface area contributed by atoms with Crippen molar-refractivity contribution in [3.63, 3.8) is 0 Å². The second kappa shape index (κ2) is 5.27. The Hall–Kier alpha value is -2.42. The molecule has 0 saturated carbocycles. The van der Waals surface area contributed by atoms with Gasteiger partial charge in [-0.05, 0) is 23.3 Å². The van der Waals surface area contributed by atoms with Crippen LogP contribution in [0.3, 0.4) is 0 Å². The van der Waals surface area contributed by atoms with Crippen LogP contribution in [0.15, 0.2) is 48.5 Å². The third-order valence-corrected chi connectivity index (χ3v) is 2.60. The van der Waals surface area contributed by atoms with Crippen molar-refractivity contribution in [1.82, 2.24) is 0 Å². The van der Waals surface area contributed by atoms with Crippen molar-refractivity contribution in [3.05, 3.63) is 54.1 Å². The SMILES string of the molecule is CC(=O)Nc1ccc(-c2ccccc2C=O)cc1. The van der Waals surface area contributed by atoms with Gasteiger partial charge in [-0.2, -0.15) is 0 Å². The fraction of sp³-hybridized carbons (Fsp3) is 0.0667. The van der Waals surface area contributed by atoms with Gasteiger partial charge in [-0.15, -0.1) is 0 Å². The van der Waals surface area contributed by atoms with Gasteiger partial charge in [-0.1, -0.05) is 36.4 Å². The molecule has 0 saturated heterocycles. The van der Waals surface area contributed by atoms with E-state index in [1.165, 1.54) is 6.92 Å². The first-order valence-electron chi connectivity index (χ1n) is 5.63. The molecule has 2 rings (SSSR count). The highest BCUT2D eigenvalue weighted by molar-refractivity contribution is 5.90. The number of nitrogens with one attached hydrogen (secondary N) is 1. The molecule has 0 aliphatic rings. The summed E-state index contributed by atoms with van der Waals surface area (Å²) in [6.07, 6.45) is 0.844. The number of anilines is 1. The Morgan fingerprint density at radius 2 is 1.72 bits per heavy atom. The molecule has 0 heterocycles. The third-order valence-electron chi connectivity index (χ3n) is 2.60. The molecular weight excluding hydrogens is 226 g/mol. The maximum Gasteiger partial charge on any atom is 0.221 e. The summed E-state index contributed by atoms with van der Waals surface area (Å²) in [7, 11) is 0. The number of carbonyl (C=O) groups excluding carboxylic acids is 2. The normalized spacial score (nSPS) is 9.83. The van der Waals surface area contributed by atoms with E-state index >= 15 is 0 Å². The average molecular weight is 239 g/mol. The summed E-state index contributed by atoms with van der Waals surface area (Å²) in [5.74, 6) is -0.101. The van der Waals surface area contributed by atoms with Gasteiger partial charge < -0.3 is 5.32 Å². The van der Waals surface area contributed by atoms with Crippen molar-refractivity contribution < 1.29 is 9.59 Å². The predicted octanol–water partition coefficient (Wildman–Crippen LogP) is 3.12. The van der Waals surface area contributed by atoms with E-state index in [-0.39, 0.29) is 5.91 Å². The van der Waals surface area contributed by atoms with E-state index < -0.39 is 0 Å². The lowest BCUT2D eigenvalue weighted by Gasteiger charge is -2.06. The maximum atomic E-state index is 11.0. The molecule has 0 radical (unpaired) electrons. The summed E-state index contributed by atoms with van der Waals surface area (Å²) < 4.78 is 0. The van der Waals surface area contributed by atoms with Crippen LogP contribution in [0.1, 0.15) is 17.3 Å². The lowest BCUT2D eigenvalue weighted by atomic mass is 10.0. The van der Waals surface area contributed by atoms with E-state index in [9.17, 15) is 9.59 Å². The molecular formula is C15H13NO2. The molecule has 0 unspecified atom stereocenters. The highest BCUT2D eigenvalue weighted by Crippen LogP contribution is 2.24.